The quantitative estimate of drug-likeness (QED) is 0.506. The van der Waals surface area contributed by atoms with E-state index in [0.29, 0.717) is 28.5 Å². The minimum Gasteiger partial charge on any atom is -0.385 e. The lowest BCUT2D eigenvalue weighted by Gasteiger charge is -2.14. The lowest BCUT2D eigenvalue weighted by molar-refractivity contribution is -0.136. The first-order chi connectivity index (χ1) is 13.0. The third kappa shape index (κ3) is 4.40. The number of carbonyl (C=O) groups excluding carboxylic acids is 2. The molecule has 2 amide bonds. The Bertz CT molecular complexity index is 881. The average Bonchev–Trinajstić information content (AvgIpc) is 2.89. The molecule has 0 unspecified atom stereocenters. The SMILES string of the molecule is COCCCN1C(=O)C(Sc2ccc(Cl)cc2)=C(c2ccc(F)cc2)C1=O. The molecule has 0 saturated heterocycles. The van der Waals surface area contributed by atoms with Crippen LogP contribution in [0.2, 0.25) is 5.02 Å². The maximum Gasteiger partial charge on any atom is 0.268 e. The molecule has 7 heteroatoms. The summed E-state index contributed by atoms with van der Waals surface area (Å²) >= 11 is 7.12. The van der Waals surface area contributed by atoms with Crippen molar-refractivity contribution in [2.45, 2.75) is 11.3 Å². The number of benzene rings is 2. The van der Waals surface area contributed by atoms with E-state index in [0.717, 1.165) is 4.90 Å². The third-order valence-corrected chi connectivity index (χ3v) is 5.36. The Morgan fingerprint density at radius 1 is 1.04 bits per heavy atom. The Morgan fingerprint density at radius 2 is 1.70 bits per heavy atom. The van der Waals surface area contributed by atoms with Gasteiger partial charge in [-0.15, -0.1) is 0 Å². The second-order valence-electron chi connectivity index (χ2n) is 5.88. The number of rotatable bonds is 7. The van der Waals surface area contributed by atoms with Gasteiger partial charge in [0.15, 0.2) is 0 Å². The summed E-state index contributed by atoms with van der Waals surface area (Å²) in [5, 5.41) is 0.585. The summed E-state index contributed by atoms with van der Waals surface area (Å²) in [5.41, 5.74) is 0.804. The molecular formula is C20H17ClFNO3S. The van der Waals surface area contributed by atoms with Crippen molar-refractivity contribution < 1.29 is 18.7 Å². The molecule has 0 aromatic heterocycles. The minimum absolute atomic E-state index is 0.265. The highest BCUT2D eigenvalue weighted by atomic mass is 35.5. The highest BCUT2D eigenvalue weighted by Crippen LogP contribution is 2.40. The van der Waals surface area contributed by atoms with Crippen LogP contribution in [0, 0.1) is 5.82 Å². The van der Waals surface area contributed by atoms with Gasteiger partial charge in [0, 0.05) is 30.2 Å². The third-order valence-electron chi connectivity index (χ3n) is 4.02. The van der Waals surface area contributed by atoms with Gasteiger partial charge in [0.2, 0.25) is 0 Å². The second kappa shape index (κ2) is 8.69. The highest BCUT2D eigenvalue weighted by molar-refractivity contribution is 8.04. The van der Waals surface area contributed by atoms with Gasteiger partial charge in [-0.1, -0.05) is 35.5 Å². The van der Waals surface area contributed by atoms with Gasteiger partial charge in [-0.3, -0.25) is 14.5 Å². The fourth-order valence-electron chi connectivity index (χ4n) is 2.71. The summed E-state index contributed by atoms with van der Waals surface area (Å²) in [7, 11) is 1.57. The molecule has 140 valence electrons. The van der Waals surface area contributed by atoms with Crippen LogP contribution in [0.3, 0.4) is 0 Å². The Morgan fingerprint density at radius 3 is 2.33 bits per heavy atom. The van der Waals surface area contributed by atoms with Crippen LogP contribution in [0.1, 0.15) is 12.0 Å². The van der Waals surface area contributed by atoms with Crippen molar-refractivity contribution >= 4 is 40.8 Å². The molecule has 1 aliphatic heterocycles. The van der Waals surface area contributed by atoms with E-state index in [2.05, 4.69) is 0 Å². The first-order valence-electron chi connectivity index (χ1n) is 8.30. The number of carbonyl (C=O) groups is 2. The monoisotopic (exact) mass is 405 g/mol. The van der Waals surface area contributed by atoms with Gasteiger partial charge in [-0.05, 0) is 48.4 Å². The van der Waals surface area contributed by atoms with Crippen molar-refractivity contribution in [3.05, 3.63) is 69.8 Å². The molecule has 27 heavy (non-hydrogen) atoms. The fraction of sp³-hybridized carbons (Fsp3) is 0.200. The molecule has 0 N–H and O–H groups in total. The van der Waals surface area contributed by atoms with Crippen LogP contribution in [0.4, 0.5) is 4.39 Å². The van der Waals surface area contributed by atoms with Crippen LogP contribution in [0.25, 0.3) is 5.57 Å². The van der Waals surface area contributed by atoms with Crippen molar-refractivity contribution in [3.8, 4) is 0 Å². The van der Waals surface area contributed by atoms with Gasteiger partial charge in [-0.25, -0.2) is 4.39 Å². The van der Waals surface area contributed by atoms with Gasteiger partial charge in [0.05, 0.1) is 10.5 Å². The molecule has 0 aliphatic carbocycles. The number of halogens is 2. The molecule has 3 rings (SSSR count). The van der Waals surface area contributed by atoms with Crippen LogP contribution in [-0.2, 0) is 14.3 Å². The maximum atomic E-state index is 13.3. The standard InChI is InChI=1S/C20H17ClFNO3S/c1-26-12-2-11-23-19(24)17(13-3-7-15(22)8-4-13)18(20(23)25)27-16-9-5-14(21)6-10-16/h3-10H,2,11-12H2,1H3. The minimum atomic E-state index is -0.403. The van der Waals surface area contributed by atoms with E-state index in [9.17, 15) is 14.0 Å². The number of imide groups is 1. The van der Waals surface area contributed by atoms with E-state index >= 15 is 0 Å². The van der Waals surface area contributed by atoms with E-state index in [1.54, 1.807) is 31.4 Å². The normalized spacial score (nSPS) is 14.4. The zero-order valence-electron chi connectivity index (χ0n) is 14.6. The molecule has 0 fully saturated rings. The largest absolute Gasteiger partial charge is 0.385 e. The number of nitrogens with zero attached hydrogens (tertiary/aromatic N) is 1. The van der Waals surface area contributed by atoms with Crippen molar-refractivity contribution in [2.75, 3.05) is 20.3 Å². The average molecular weight is 406 g/mol. The zero-order valence-corrected chi connectivity index (χ0v) is 16.1. The fourth-order valence-corrected chi connectivity index (χ4v) is 3.85. The van der Waals surface area contributed by atoms with E-state index < -0.39 is 5.82 Å². The molecule has 0 spiro atoms. The Labute approximate surface area is 166 Å². The molecule has 0 atom stereocenters. The topological polar surface area (TPSA) is 46.6 Å². The van der Waals surface area contributed by atoms with E-state index in [4.69, 9.17) is 16.3 Å². The second-order valence-corrected chi connectivity index (χ2v) is 7.40. The predicted molar refractivity (Wildman–Crippen MR) is 104 cm³/mol. The molecule has 4 nitrogen and oxygen atoms in total. The highest BCUT2D eigenvalue weighted by Gasteiger charge is 2.39. The number of amides is 2. The smallest absolute Gasteiger partial charge is 0.268 e. The Balaban J connectivity index is 1.97. The first-order valence-corrected chi connectivity index (χ1v) is 9.49. The summed E-state index contributed by atoms with van der Waals surface area (Å²) in [6.07, 6.45) is 0.545. The van der Waals surface area contributed by atoms with Crippen molar-refractivity contribution in [2.24, 2.45) is 0 Å². The van der Waals surface area contributed by atoms with Gasteiger partial charge < -0.3 is 4.74 Å². The summed E-state index contributed by atoms with van der Waals surface area (Å²) in [4.78, 5) is 28.2. The van der Waals surface area contributed by atoms with Gasteiger partial charge in [0.1, 0.15) is 5.82 Å². The molecule has 2 aromatic rings. The van der Waals surface area contributed by atoms with E-state index in [-0.39, 0.29) is 23.9 Å². The summed E-state index contributed by atoms with van der Waals surface area (Å²) < 4.78 is 18.3. The zero-order chi connectivity index (χ0) is 19.4. The summed E-state index contributed by atoms with van der Waals surface area (Å²) in [6.45, 7) is 0.712. The number of ether oxygens (including phenoxy) is 1. The number of hydrogen-bond acceptors (Lipinski definition) is 4. The van der Waals surface area contributed by atoms with Crippen LogP contribution < -0.4 is 0 Å². The predicted octanol–water partition coefficient (Wildman–Crippen LogP) is 4.39. The molecule has 0 bridgehead atoms. The van der Waals surface area contributed by atoms with Crippen LogP contribution in [0.5, 0.6) is 0 Å². The first kappa shape index (κ1) is 19.6. The van der Waals surface area contributed by atoms with Gasteiger partial charge >= 0.3 is 0 Å². The number of methoxy groups -OCH3 is 1. The Kier molecular flexibility index (Phi) is 6.31. The molecule has 1 heterocycles. The summed E-state index contributed by atoms with van der Waals surface area (Å²) in [5.74, 6) is -1.13. The maximum absolute atomic E-state index is 13.3. The van der Waals surface area contributed by atoms with Crippen LogP contribution >= 0.6 is 23.4 Å². The Hall–Kier alpha value is -2.15. The summed E-state index contributed by atoms with van der Waals surface area (Å²) in [6, 6.07) is 12.6. The number of thioether (sulfide) groups is 1. The van der Waals surface area contributed by atoms with Crippen LogP contribution in [0.15, 0.2) is 58.3 Å². The van der Waals surface area contributed by atoms with Crippen molar-refractivity contribution in [3.63, 3.8) is 0 Å². The number of hydrogen-bond donors (Lipinski definition) is 0. The lowest BCUT2D eigenvalue weighted by Crippen LogP contribution is -2.33. The molecule has 0 radical (unpaired) electrons. The van der Waals surface area contributed by atoms with Gasteiger partial charge in [-0.2, -0.15) is 0 Å². The van der Waals surface area contributed by atoms with E-state index in [1.165, 1.54) is 40.9 Å². The van der Waals surface area contributed by atoms with Crippen LogP contribution in [-0.4, -0.2) is 37.0 Å². The van der Waals surface area contributed by atoms with Crippen molar-refractivity contribution in [1.82, 2.24) is 4.90 Å². The molecule has 1 aliphatic rings. The van der Waals surface area contributed by atoms with Crippen molar-refractivity contribution in [1.29, 1.82) is 0 Å². The molecule has 0 saturated carbocycles. The van der Waals surface area contributed by atoms with Gasteiger partial charge in [0.25, 0.3) is 11.8 Å². The molecule has 2 aromatic carbocycles. The molecular weight excluding hydrogens is 389 g/mol. The lowest BCUT2D eigenvalue weighted by atomic mass is 10.1. The van der Waals surface area contributed by atoms with E-state index in [1.807, 2.05) is 0 Å².